The number of likely N-dealkylation sites (tertiary alicyclic amines) is 1. The van der Waals surface area contributed by atoms with Crippen LogP contribution < -0.4 is 5.73 Å². The number of hydrogen-bond acceptors (Lipinski definition) is 4. The Morgan fingerprint density at radius 1 is 1.23 bits per heavy atom. The summed E-state index contributed by atoms with van der Waals surface area (Å²) < 4.78 is 0. The molecule has 3 N–H and O–H groups in total. The van der Waals surface area contributed by atoms with Gasteiger partial charge in [-0.2, -0.15) is 0 Å². The molecule has 1 aliphatic carbocycles. The van der Waals surface area contributed by atoms with Crippen LogP contribution in [0, 0.1) is 5.92 Å². The number of benzene rings is 1. The normalized spacial score (nSPS) is 25.3. The number of amides is 2. The Morgan fingerprint density at radius 3 is 2.61 bits per heavy atom. The molecule has 6 nitrogen and oxygen atoms in total. The smallest absolute Gasteiger partial charge is 0.223 e. The molecule has 1 heterocycles. The zero-order valence-electron chi connectivity index (χ0n) is 19.2. The topological polar surface area (TPSA) is 86.9 Å². The van der Waals surface area contributed by atoms with Gasteiger partial charge in [0.25, 0.3) is 0 Å². The first-order valence-corrected chi connectivity index (χ1v) is 11.9. The Morgan fingerprint density at radius 2 is 1.97 bits per heavy atom. The number of phenolic OH excluding ortho intramolecular Hbond substituents is 1. The lowest BCUT2D eigenvalue weighted by Crippen LogP contribution is -2.51. The van der Waals surface area contributed by atoms with Gasteiger partial charge in [0.2, 0.25) is 11.8 Å². The monoisotopic (exact) mass is 429 g/mol. The summed E-state index contributed by atoms with van der Waals surface area (Å²) in [6, 6.07) is 7.97. The number of piperidine rings is 1. The van der Waals surface area contributed by atoms with Crippen LogP contribution in [0.5, 0.6) is 5.75 Å². The largest absolute Gasteiger partial charge is 0.508 e. The van der Waals surface area contributed by atoms with Gasteiger partial charge in [0.1, 0.15) is 5.75 Å². The van der Waals surface area contributed by atoms with Crippen molar-refractivity contribution in [1.29, 1.82) is 0 Å². The highest BCUT2D eigenvalue weighted by Gasteiger charge is 2.38. The van der Waals surface area contributed by atoms with E-state index in [1.54, 1.807) is 6.07 Å². The molecule has 0 spiro atoms. The molecule has 1 aromatic carbocycles. The molecule has 0 radical (unpaired) electrons. The number of nitrogens with zero attached hydrogens (tertiary/aromatic N) is 2. The minimum Gasteiger partial charge on any atom is -0.508 e. The summed E-state index contributed by atoms with van der Waals surface area (Å²) in [5.74, 6) is 0.427. The Kier molecular flexibility index (Phi) is 7.98. The summed E-state index contributed by atoms with van der Waals surface area (Å²) in [6.07, 6.45) is 7.10. The summed E-state index contributed by atoms with van der Waals surface area (Å²) in [6.45, 7) is 8.11. The molecule has 31 heavy (non-hydrogen) atoms. The second-order valence-electron chi connectivity index (χ2n) is 9.76. The number of primary amides is 1. The van der Waals surface area contributed by atoms with Gasteiger partial charge in [-0.05, 0) is 54.8 Å². The number of aromatic hydroxyl groups is 1. The fourth-order valence-corrected chi connectivity index (χ4v) is 5.34. The van der Waals surface area contributed by atoms with Gasteiger partial charge in [0.15, 0.2) is 0 Å². The van der Waals surface area contributed by atoms with E-state index in [2.05, 4.69) is 24.8 Å². The van der Waals surface area contributed by atoms with E-state index < -0.39 is 5.91 Å². The fourth-order valence-electron chi connectivity index (χ4n) is 5.34. The lowest BCUT2D eigenvalue weighted by atomic mass is 9.68. The Bertz CT molecular complexity index is 762. The lowest BCUT2D eigenvalue weighted by molar-refractivity contribution is -0.136. The predicted octanol–water partition coefficient (Wildman–Crippen LogP) is 3.42. The first-order chi connectivity index (χ1) is 14.8. The molecule has 1 aliphatic heterocycles. The number of carbonyl (C=O) groups excluding carboxylic acids is 2. The van der Waals surface area contributed by atoms with Crippen molar-refractivity contribution in [1.82, 2.24) is 9.80 Å². The van der Waals surface area contributed by atoms with Crippen molar-refractivity contribution in [3.05, 3.63) is 29.8 Å². The fraction of sp³-hybridized carbons (Fsp3) is 0.680. The van der Waals surface area contributed by atoms with Crippen LogP contribution in [-0.2, 0) is 15.0 Å². The molecular weight excluding hydrogens is 390 g/mol. The van der Waals surface area contributed by atoms with Gasteiger partial charge in [-0.15, -0.1) is 0 Å². The molecule has 2 amide bonds. The van der Waals surface area contributed by atoms with Gasteiger partial charge < -0.3 is 20.6 Å². The van der Waals surface area contributed by atoms with Crippen molar-refractivity contribution in [3.8, 4) is 5.75 Å². The van der Waals surface area contributed by atoms with Crippen molar-refractivity contribution in [2.45, 2.75) is 76.7 Å². The molecule has 172 valence electrons. The third kappa shape index (κ3) is 6.00. The third-order valence-corrected chi connectivity index (χ3v) is 7.65. The van der Waals surface area contributed by atoms with E-state index in [-0.39, 0.29) is 24.2 Å². The van der Waals surface area contributed by atoms with Crippen molar-refractivity contribution in [2.75, 3.05) is 26.2 Å². The predicted molar refractivity (Wildman–Crippen MR) is 123 cm³/mol. The summed E-state index contributed by atoms with van der Waals surface area (Å²) in [5.41, 5.74) is 6.51. The first-order valence-electron chi connectivity index (χ1n) is 11.9. The van der Waals surface area contributed by atoms with Crippen LogP contribution in [0.2, 0.25) is 0 Å². The van der Waals surface area contributed by atoms with Crippen LogP contribution in [0.15, 0.2) is 24.3 Å². The van der Waals surface area contributed by atoms with Gasteiger partial charge in [-0.1, -0.05) is 45.2 Å². The summed E-state index contributed by atoms with van der Waals surface area (Å²) in [7, 11) is 0. The minimum absolute atomic E-state index is 0.0373. The average Bonchev–Trinajstić information content (AvgIpc) is 2.75. The second-order valence-corrected chi connectivity index (χ2v) is 9.76. The zero-order chi connectivity index (χ0) is 22.4. The minimum atomic E-state index is -0.409. The Hall–Kier alpha value is -2.08. The number of rotatable bonds is 8. The number of hydrogen-bond donors (Lipinski definition) is 2. The van der Waals surface area contributed by atoms with Crippen LogP contribution in [0.3, 0.4) is 0 Å². The van der Waals surface area contributed by atoms with E-state index in [1.807, 2.05) is 17.0 Å². The van der Waals surface area contributed by atoms with Crippen LogP contribution in [0.25, 0.3) is 0 Å². The zero-order valence-corrected chi connectivity index (χ0v) is 19.2. The third-order valence-electron chi connectivity index (χ3n) is 7.65. The first kappa shape index (κ1) is 23.6. The van der Waals surface area contributed by atoms with Gasteiger partial charge in [0, 0.05) is 38.5 Å². The number of phenols is 1. The van der Waals surface area contributed by atoms with E-state index in [1.165, 1.54) is 24.8 Å². The maximum absolute atomic E-state index is 12.9. The van der Waals surface area contributed by atoms with Gasteiger partial charge >= 0.3 is 0 Å². The summed E-state index contributed by atoms with van der Waals surface area (Å²) >= 11 is 0. The van der Waals surface area contributed by atoms with Gasteiger partial charge in [0.05, 0.1) is 0 Å². The van der Waals surface area contributed by atoms with E-state index in [0.29, 0.717) is 17.7 Å². The molecule has 0 bridgehead atoms. The van der Waals surface area contributed by atoms with Crippen LogP contribution in [-0.4, -0.2) is 58.9 Å². The molecule has 1 saturated carbocycles. The van der Waals surface area contributed by atoms with Crippen molar-refractivity contribution >= 4 is 11.8 Å². The van der Waals surface area contributed by atoms with Crippen LogP contribution >= 0.6 is 0 Å². The maximum Gasteiger partial charge on any atom is 0.223 e. The van der Waals surface area contributed by atoms with Crippen molar-refractivity contribution < 1.29 is 14.7 Å². The highest BCUT2D eigenvalue weighted by atomic mass is 16.3. The maximum atomic E-state index is 12.9. The molecule has 2 unspecified atom stereocenters. The van der Waals surface area contributed by atoms with Crippen LogP contribution in [0.1, 0.15) is 70.8 Å². The molecule has 0 aromatic heterocycles. The molecular formula is C25H39N3O3. The van der Waals surface area contributed by atoms with Crippen molar-refractivity contribution in [2.24, 2.45) is 11.7 Å². The van der Waals surface area contributed by atoms with E-state index in [4.69, 9.17) is 5.73 Å². The molecule has 6 heteroatoms. The number of carbonyl (C=O) groups is 2. The lowest BCUT2D eigenvalue weighted by Gasteiger charge is -2.46. The number of nitrogens with two attached hydrogens (primary N) is 1. The molecule has 2 fully saturated rings. The molecule has 2 atom stereocenters. The Balaban J connectivity index is 1.60. The van der Waals surface area contributed by atoms with E-state index in [0.717, 1.165) is 45.4 Å². The molecule has 2 aliphatic rings. The van der Waals surface area contributed by atoms with E-state index in [9.17, 15) is 14.7 Å². The highest BCUT2D eigenvalue weighted by molar-refractivity contribution is 5.83. The Labute approximate surface area is 186 Å². The standard InChI is InChI=1S/C25H39N3O3/c1-19-18-27(14-13-25(19,2)20-7-6-10-22(29)17-20)15-16-28(21-8-4-3-5-9-21)24(31)12-11-23(26)30/h6-7,10,17,19,21,29H,3-5,8-9,11-16,18H2,1-2H3,(H2,26,30). The summed E-state index contributed by atoms with van der Waals surface area (Å²) in [4.78, 5) is 28.6. The van der Waals surface area contributed by atoms with Crippen molar-refractivity contribution in [3.63, 3.8) is 0 Å². The molecule has 3 rings (SSSR count). The second kappa shape index (κ2) is 10.5. The van der Waals surface area contributed by atoms with Gasteiger partial charge in [-0.3, -0.25) is 9.59 Å². The average molecular weight is 430 g/mol. The highest BCUT2D eigenvalue weighted by Crippen LogP contribution is 2.40. The summed E-state index contributed by atoms with van der Waals surface area (Å²) in [5, 5.41) is 9.92. The quantitative estimate of drug-likeness (QED) is 0.663. The van der Waals surface area contributed by atoms with Crippen LogP contribution in [0.4, 0.5) is 0 Å². The molecule has 1 aromatic rings. The molecule has 1 saturated heterocycles. The van der Waals surface area contributed by atoms with E-state index >= 15 is 0 Å². The SMILES string of the molecule is CC1CN(CCN(C(=O)CCC(N)=O)C2CCCCC2)CCC1(C)c1cccc(O)c1. The van der Waals surface area contributed by atoms with Gasteiger partial charge in [-0.25, -0.2) is 0 Å².